The van der Waals surface area contributed by atoms with Gasteiger partial charge in [-0.25, -0.2) is 8.78 Å². The number of nitrogens with one attached hydrogen (secondary N) is 2. The van der Waals surface area contributed by atoms with Crippen molar-refractivity contribution in [1.29, 1.82) is 0 Å². The first-order valence-electron chi connectivity index (χ1n) is 6.36. The second-order valence-electron chi connectivity index (χ2n) is 4.38. The highest BCUT2D eigenvalue weighted by atomic mass is 19.1. The highest BCUT2D eigenvalue weighted by Crippen LogP contribution is 2.23. The van der Waals surface area contributed by atoms with E-state index in [9.17, 15) is 13.6 Å². The van der Waals surface area contributed by atoms with Crippen molar-refractivity contribution in [2.45, 2.75) is 6.92 Å². The van der Waals surface area contributed by atoms with E-state index in [2.05, 4.69) is 10.6 Å². The Kier molecular flexibility index (Phi) is 4.31. The minimum absolute atomic E-state index is 0.215. The van der Waals surface area contributed by atoms with Gasteiger partial charge in [-0.05, 0) is 13.0 Å². The number of carbonyl (C=O) groups excluding carboxylic acids is 1. The van der Waals surface area contributed by atoms with E-state index in [1.54, 1.807) is 11.8 Å². The number of rotatable bonds is 3. The molecule has 2 N–H and O–H groups in total. The van der Waals surface area contributed by atoms with Gasteiger partial charge in [-0.3, -0.25) is 4.79 Å². The van der Waals surface area contributed by atoms with E-state index >= 15 is 0 Å². The van der Waals surface area contributed by atoms with E-state index in [4.69, 9.17) is 0 Å². The van der Waals surface area contributed by atoms with Crippen molar-refractivity contribution < 1.29 is 13.6 Å². The van der Waals surface area contributed by atoms with Crippen LogP contribution in [0.15, 0.2) is 12.1 Å². The molecule has 1 amide bonds. The monoisotopic (exact) mass is 269 g/mol. The summed E-state index contributed by atoms with van der Waals surface area (Å²) in [6.07, 6.45) is 0. The maximum absolute atomic E-state index is 14.0. The van der Waals surface area contributed by atoms with Gasteiger partial charge in [0.15, 0.2) is 0 Å². The molecule has 1 aliphatic rings. The summed E-state index contributed by atoms with van der Waals surface area (Å²) in [7, 11) is 0. The Bertz CT molecular complexity index is 473. The van der Waals surface area contributed by atoms with Gasteiger partial charge < -0.3 is 15.5 Å². The van der Waals surface area contributed by atoms with Gasteiger partial charge in [0, 0.05) is 38.8 Å². The number of nitrogens with zero attached hydrogens (tertiary/aromatic N) is 1. The molecule has 1 saturated heterocycles. The van der Waals surface area contributed by atoms with Crippen molar-refractivity contribution in [3.05, 3.63) is 29.3 Å². The molecule has 0 aromatic heterocycles. The summed E-state index contributed by atoms with van der Waals surface area (Å²) < 4.78 is 27.9. The first kappa shape index (κ1) is 13.7. The molecule has 0 unspecified atom stereocenters. The standard InChI is InChI=1S/C13H17F2N3O/c1-2-17-13(19)9-7-11(15)12(8-10(9)14)18-5-3-16-4-6-18/h7-8,16H,2-6H2,1H3,(H,17,19). The van der Waals surface area contributed by atoms with E-state index < -0.39 is 17.5 Å². The maximum Gasteiger partial charge on any atom is 0.254 e. The number of piperazine rings is 1. The molecule has 0 saturated carbocycles. The van der Waals surface area contributed by atoms with Crippen molar-refractivity contribution in [2.24, 2.45) is 0 Å². The summed E-state index contributed by atoms with van der Waals surface area (Å²) in [6.45, 7) is 4.81. The third-order valence-corrected chi connectivity index (χ3v) is 3.08. The number of carbonyl (C=O) groups is 1. The zero-order chi connectivity index (χ0) is 13.8. The van der Waals surface area contributed by atoms with Crippen molar-refractivity contribution >= 4 is 11.6 Å². The van der Waals surface area contributed by atoms with Crippen LogP contribution >= 0.6 is 0 Å². The third kappa shape index (κ3) is 3.01. The van der Waals surface area contributed by atoms with Crippen LogP contribution in [0.5, 0.6) is 0 Å². The Morgan fingerprint density at radius 3 is 2.63 bits per heavy atom. The Hall–Kier alpha value is -1.69. The Morgan fingerprint density at radius 2 is 2.00 bits per heavy atom. The lowest BCUT2D eigenvalue weighted by atomic mass is 10.1. The van der Waals surface area contributed by atoms with Crippen molar-refractivity contribution in [1.82, 2.24) is 10.6 Å². The number of hydrogen-bond donors (Lipinski definition) is 2. The first-order chi connectivity index (χ1) is 9.13. The molecule has 1 aromatic carbocycles. The van der Waals surface area contributed by atoms with Crippen LogP contribution in [0.4, 0.5) is 14.5 Å². The van der Waals surface area contributed by atoms with Crippen LogP contribution < -0.4 is 15.5 Å². The predicted molar refractivity (Wildman–Crippen MR) is 69.4 cm³/mol. The fourth-order valence-electron chi connectivity index (χ4n) is 2.11. The van der Waals surface area contributed by atoms with Crippen LogP contribution in [0.3, 0.4) is 0 Å². The smallest absolute Gasteiger partial charge is 0.254 e. The van der Waals surface area contributed by atoms with Crippen LogP contribution in [0, 0.1) is 11.6 Å². The quantitative estimate of drug-likeness (QED) is 0.864. The molecule has 1 aliphatic heterocycles. The van der Waals surface area contributed by atoms with Gasteiger partial charge in [0.1, 0.15) is 11.6 Å². The van der Waals surface area contributed by atoms with Gasteiger partial charge in [-0.2, -0.15) is 0 Å². The van der Waals surface area contributed by atoms with E-state index in [1.807, 2.05) is 0 Å². The fourth-order valence-corrected chi connectivity index (χ4v) is 2.11. The molecule has 0 bridgehead atoms. The summed E-state index contributed by atoms with van der Waals surface area (Å²) >= 11 is 0. The molecular formula is C13H17F2N3O. The van der Waals surface area contributed by atoms with Crippen LogP contribution in [0.2, 0.25) is 0 Å². The highest BCUT2D eigenvalue weighted by molar-refractivity contribution is 5.94. The van der Waals surface area contributed by atoms with Gasteiger partial charge in [0.05, 0.1) is 11.3 Å². The van der Waals surface area contributed by atoms with E-state index in [-0.39, 0.29) is 11.3 Å². The minimum atomic E-state index is -0.694. The normalized spacial score (nSPS) is 15.4. The zero-order valence-corrected chi connectivity index (χ0v) is 10.8. The average Bonchev–Trinajstić information content (AvgIpc) is 2.42. The van der Waals surface area contributed by atoms with Crippen LogP contribution in [-0.4, -0.2) is 38.6 Å². The topological polar surface area (TPSA) is 44.4 Å². The summed E-state index contributed by atoms with van der Waals surface area (Å²) in [5.41, 5.74) is -0.0368. The second-order valence-corrected chi connectivity index (χ2v) is 4.38. The molecule has 0 spiro atoms. The second kappa shape index (κ2) is 5.97. The lowest BCUT2D eigenvalue weighted by molar-refractivity contribution is 0.0951. The minimum Gasteiger partial charge on any atom is -0.367 e. The molecule has 104 valence electrons. The molecule has 4 nitrogen and oxygen atoms in total. The van der Waals surface area contributed by atoms with E-state index in [1.165, 1.54) is 0 Å². The predicted octanol–water partition coefficient (Wildman–Crippen LogP) is 1.12. The Labute approximate surface area is 110 Å². The molecular weight excluding hydrogens is 252 g/mol. The lowest BCUT2D eigenvalue weighted by Crippen LogP contribution is -2.44. The summed E-state index contributed by atoms with van der Waals surface area (Å²) in [5.74, 6) is -1.85. The van der Waals surface area contributed by atoms with E-state index in [0.29, 0.717) is 19.6 Å². The molecule has 19 heavy (non-hydrogen) atoms. The molecule has 0 radical (unpaired) electrons. The molecule has 0 aliphatic carbocycles. The van der Waals surface area contributed by atoms with Gasteiger partial charge >= 0.3 is 0 Å². The largest absolute Gasteiger partial charge is 0.367 e. The van der Waals surface area contributed by atoms with Crippen LogP contribution in [-0.2, 0) is 0 Å². The SMILES string of the molecule is CCNC(=O)c1cc(F)c(N2CCNCC2)cc1F. The van der Waals surface area contributed by atoms with Crippen LogP contribution in [0.1, 0.15) is 17.3 Å². The fraction of sp³-hybridized carbons (Fsp3) is 0.462. The molecule has 1 heterocycles. The van der Waals surface area contributed by atoms with Crippen LogP contribution in [0.25, 0.3) is 0 Å². The highest BCUT2D eigenvalue weighted by Gasteiger charge is 2.20. The van der Waals surface area contributed by atoms with Gasteiger partial charge in [0.25, 0.3) is 5.91 Å². The summed E-state index contributed by atoms with van der Waals surface area (Å²) in [4.78, 5) is 13.3. The van der Waals surface area contributed by atoms with Crippen molar-refractivity contribution in [3.63, 3.8) is 0 Å². The average molecular weight is 269 g/mol. The summed E-state index contributed by atoms with van der Waals surface area (Å²) in [5, 5.41) is 5.60. The Balaban J connectivity index is 2.28. The molecule has 1 aromatic rings. The molecule has 1 fully saturated rings. The van der Waals surface area contributed by atoms with Crippen molar-refractivity contribution in [3.8, 4) is 0 Å². The maximum atomic E-state index is 14.0. The first-order valence-corrected chi connectivity index (χ1v) is 6.36. The number of hydrogen-bond acceptors (Lipinski definition) is 3. The van der Waals surface area contributed by atoms with Crippen molar-refractivity contribution in [2.75, 3.05) is 37.6 Å². The van der Waals surface area contributed by atoms with Gasteiger partial charge in [-0.15, -0.1) is 0 Å². The summed E-state index contributed by atoms with van der Waals surface area (Å²) in [6, 6.07) is 2.07. The van der Waals surface area contributed by atoms with Gasteiger partial charge in [0.2, 0.25) is 0 Å². The number of benzene rings is 1. The lowest BCUT2D eigenvalue weighted by Gasteiger charge is -2.29. The Morgan fingerprint density at radius 1 is 1.32 bits per heavy atom. The number of amides is 1. The number of anilines is 1. The third-order valence-electron chi connectivity index (χ3n) is 3.08. The van der Waals surface area contributed by atoms with E-state index in [0.717, 1.165) is 25.2 Å². The molecule has 0 atom stereocenters. The zero-order valence-electron chi connectivity index (χ0n) is 10.8. The number of halogens is 2. The molecule has 2 rings (SSSR count). The molecule has 6 heteroatoms. The van der Waals surface area contributed by atoms with Gasteiger partial charge in [-0.1, -0.05) is 0 Å².